The van der Waals surface area contributed by atoms with Gasteiger partial charge in [0.15, 0.2) is 0 Å². The van der Waals surface area contributed by atoms with Gasteiger partial charge in [0.2, 0.25) is 0 Å². The number of hydrogen-bond acceptors (Lipinski definition) is 4. The Hall–Kier alpha value is -2.09. The van der Waals surface area contributed by atoms with Crippen molar-refractivity contribution in [1.82, 2.24) is 9.97 Å². The first-order chi connectivity index (χ1) is 9.36. The maximum Gasteiger partial charge on any atom is 0.433 e. The molecule has 0 aliphatic heterocycles. The minimum atomic E-state index is -4.52. The summed E-state index contributed by atoms with van der Waals surface area (Å²) in [6.45, 7) is 0. The Bertz CT molecular complexity index is 647. The third-order valence-corrected chi connectivity index (χ3v) is 3.07. The molecule has 0 bridgehead atoms. The number of alkyl halides is 3. The highest BCUT2D eigenvalue weighted by atomic mass is 32.2. The van der Waals surface area contributed by atoms with E-state index >= 15 is 0 Å². The smallest absolute Gasteiger partial charge is 0.433 e. The van der Waals surface area contributed by atoms with Crippen molar-refractivity contribution in [2.24, 2.45) is 0 Å². The van der Waals surface area contributed by atoms with E-state index < -0.39 is 17.8 Å². The van der Waals surface area contributed by atoms with Crippen LogP contribution in [-0.2, 0) is 6.18 Å². The van der Waals surface area contributed by atoms with E-state index in [2.05, 4.69) is 9.97 Å². The van der Waals surface area contributed by atoms with Gasteiger partial charge in [0.05, 0.1) is 5.56 Å². The number of halogens is 3. The molecule has 8 heteroatoms. The standard InChI is InChI=1S/C12H7F3N2O2S/c13-12(14,15)8-2-1-3-9(17-8)20-10-6-7(11(18)19)4-5-16-10/h1-6H,(H,18,19). The van der Waals surface area contributed by atoms with Crippen LogP contribution in [-0.4, -0.2) is 21.0 Å². The maximum atomic E-state index is 12.5. The molecule has 0 fully saturated rings. The molecule has 0 saturated carbocycles. The third kappa shape index (κ3) is 3.47. The minimum Gasteiger partial charge on any atom is -0.478 e. The molecule has 2 aromatic rings. The molecule has 2 aromatic heterocycles. The molecule has 0 unspecified atom stereocenters. The highest BCUT2D eigenvalue weighted by Gasteiger charge is 2.32. The second kappa shape index (κ2) is 5.49. The van der Waals surface area contributed by atoms with Crippen molar-refractivity contribution in [3.05, 3.63) is 47.8 Å². The highest BCUT2D eigenvalue weighted by molar-refractivity contribution is 7.99. The number of aromatic nitrogens is 2. The number of carbonyl (C=O) groups is 1. The van der Waals surface area contributed by atoms with E-state index in [0.717, 1.165) is 17.8 Å². The Morgan fingerprint density at radius 1 is 1.20 bits per heavy atom. The summed E-state index contributed by atoms with van der Waals surface area (Å²) in [6, 6.07) is 6.07. The van der Waals surface area contributed by atoms with Crippen LogP contribution >= 0.6 is 11.8 Å². The van der Waals surface area contributed by atoms with E-state index in [4.69, 9.17) is 5.11 Å². The summed E-state index contributed by atoms with van der Waals surface area (Å²) in [6.07, 6.45) is -3.24. The van der Waals surface area contributed by atoms with Crippen LogP contribution in [0.15, 0.2) is 46.6 Å². The minimum absolute atomic E-state index is 0.00877. The van der Waals surface area contributed by atoms with Crippen LogP contribution in [0.5, 0.6) is 0 Å². The van der Waals surface area contributed by atoms with Gasteiger partial charge < -0.3 is 5.11 Å². The van der Waals surface area contributed by atoms with Gasteiger partial charge in [-0.25, -0.2) is 14.8 Å². The van der Waals surface area contributed by atoms with Gasteiger partial charge in [0, 0.05) is 6.20 Å². The summed E-state index contributed by atoms with van der Waals surface area (Å²) in [7, 11) is 0. The van der Waals surface area contributed by atoms with Crippen LogP contribution in [0.25, 0.3) is 0 Å². The van der Waals surface area contributed by atoms with Crippen molar-refractivity contribution in [3.63, 3.8) is 0 Å². The number of nitrogens with zero attached hydrogens (tertiary/aromatic N) is 2. The van der Waals surface area contributed by atoms with E-state index in [9.17, 15) is 18.0 Å². The Balaban J connectivity index is 2.26. The average Bonchev–Trinajstić information content (AvgIpc) is 2.38. The zero-order chi connectivity index (χ0) is 14.8. The normalized spacial score (nSPS) is 11.3. The molecule has 0 radical (unpaired) electrons. The Labute approximate surface area is 115 Å². The number of carboxylic acids is 1. The van der Waals surface area contributed by atoms with Gasteiger partial charge in [0.25, 0.3) is 0 Å². The van der Waals surface area contributed by atoms with Crippen molar-refractivity contribution in [1.29, 1.82) is 0 Å². The summed E-state index contributed by atoms with van der Waals surface area (Å²) in [5.41, 5.74) is -0.994. The fourth-order valence-corrected chi connectivity index (χ4v) is 2.14. The van der Waals surface area contributed by atoms with E-state index in [1.165, 1.54) is 30.5 Å². The number of aromatic carboxylic acids is 1. The fourth-order valence-electron chi connectivity index (χ4n) is 1.33. The molecule has 104 valence electrons. The molecule has 0 atom stereocenters. The number of carboxylic acid groups (broad SMARTS) is 1. The van der Waals surface area contributed by atoms with E-state index in [-0.39, 0.29) is 15.6 Å². The first-order valence-corrected chi connectivity index (χ1v) is 6.09. The number of rotatable bonds is 3. The van der Waals surface area contributed by atoms with E-state index in [0.29, 0.717) is 0 Å². The molecule has 0 aliphatic rings. The molecule has 0 saturated heterocycles. The van der Waals surface area contributed by atoms with Crippen LogP contribution < -0.4 is 0 Å². The topological polar surface area (TPSA) is 63.1 Å². The Kier molecular flexibility index (Phi) is 3.93. The van der Waals surface area contributed by atoms with Crippen molar-refractivity contribution >= 4 is 17.7 Å². The predicted molar refractivity (Wildman–Crippen MR) is 64.6 cm³/mol. The van der Waals surface area contributed by atoms with Crippen molar-refractivity contribution in [2.75, 3.05) is 0 Å². The van der Waals surface area contributed by atoms with Gasteiger partial charge in [-0.2, -0.15) is 13.2 Å². The molecule has 4 nitrogen and oxygen atoms in total. The maximum absolute atomic E-state index is 12.5. The van der Waals surface area contributed by atoms with Crippen LogP contribution in [0.1, 0.15) is 16.1 Å². The number of hydrogen-bond donors (Lipinski definition) is 1. The molecule has 2 rings (SSSR count). The molecular weight excluding hydrogens is 293 g/mol. The van der Waals surface area contributed by atoms with Crippen LogP contribution in [0.4, 0.5) is 13.2 Å². The molecule has 0 spiro atoms. The van der Waals surface area contributed by atoms with Crippen molar-refractivity contribution < 1.29 is 23.1 Å². The van der Waals surface area contributed by atoms with Crippen LogP contribution in [0.2, 0.25) is 0 Å². The monoisotopic (exact) mass is 300 g/mol. The van der Waals surface area contributed by atoms with Gasteiger partial charge in [-0.1, -0.05) is 17.8 Å². The molecule has 0 aromatic carbocycles. The van der Waals surface area contributed by atoms with Gasteiger partial charge in [0.1, 0.15) is 15.7 Å². The number of pyridine rings is 2. The lowest BCUT2D eigenvalue weighted by atomic mass is 10.3. The predicted octanol–water partition coefficient (Wildman–Crippen LogP) is 3.34. The molecule has 20 heavy (non-hydrogen) atoms. The summed E-state index contributed by atoms with van der Waals surface area (Å²) in [4.78, 5) is 18.1. The summed E-state index contributed by atoms with van der Waals surface area (Å²) < 4.78 is 37.5. The molecule has 0 amide bonds. The third-order valence-electron chi connectivity index (χ3n) is 2.20. The van der Waals surface area contributed by atoms with Crippen LogP contribution in [0.3, 0.4) is 0 Å². The van der Waals surface area contributed by atoms with Crippen molar-refractivity contribution in [3.8, 4) is 0 Å². The Morgan fingerprint density at radius 3 is 2.60 bits per heavy atom. The summed E-state index contributed by atoms with van der Waals surface area (Å²) in [5, 5.41) is 9.18. The van der Waals surface area contributed by atoms with Crippen molar-refractivity contribution in [2.45, 2.75) is 16.2 Å². The quantitative estimate of drug-likeness (QED) is 0.942. The second-order valence-electron chi connectivity index (χ2n) is 3.65. The lowest BCUT2D eigenvalue weighted by Crippen LogP contribution is -2.07. The lowest BCUT2D eigenvalue weighted by Gasteiger charge is -2.07. The zero-order valence-electron chi connectivity index (χ0n) is 9.76. The molecular formula is C12H7F3N2O2S. The first-order valence-electron chi connectivity index (χ1n) is 5.28. The molecule has 2 heterocycles. The zero-order valence-corrected chi connectivity index (χ0v) is 10.6. The van der Waals surface area contributed by atoms with E-state index in [1.807, 2.05) is 0 Å². The highest BCUT2D eigenvalue weighted by Crippen LogP contribution is 2.31. The average molecular weight is 300 g/mol. The lowest BCUT2D eigenvalue weighted by molar-refractivity contribution is -0.141. The molecule has 0 aliphatic carbocycles. The summed E-state index contributed by atoms with van der Waals surface area (Å²) >= 11 is 0.864. The molecule has 1 N–H and O–H groups in total. The van der Waals surface area contributed by atoms with Gasteiger partial charge >= 0.3 is 12.1 Å². The summed E-state index contributed by atoms with van der Waals surface area (Å²) in [5.74, 6) is -1.13. The van der Waals surface area contributed by atoms with E-state index in [1.54, 1.807) is 0 Å². The van der Waals surface area contributed by atoms with Crippen LogP contribution in [0, 0.1) is 0 Å². The largest absolute Gasteiger partial charge is 0.478 e. The van der Waals surface area contributed by atoms with Gasteiger partial charge in [-0.15, -0.1) is 0 Å². The fraction of sp³-hybridized carbons (Fsp3) is 0.0833. The van der Waals surface area contributed by atoms with Gasteiger partial charge in [-0.05, 0) is 24.3 Å². The van der Waals surface area contributed by atoms with Gasteiger partial charge in [-0.3, -0.25) is 0 Å². The first kappa shape index (κ1) is 14.3. The Morgan fingerprint density at radius 2 is 1.95 bits per heavy atom. The second-order valence-corrected chi connectivity index (χ2v) is 4.69. The SMILES string of the molecule is O=C(O)c1ccnc(Sc2cccc(C(F)(F)F)n2)c1.